The predicted octanol–water partition coefficient (Wildman–Crippen LogP) is 5.45. The molecular weight excluding hydrogens is 297 g/mol. The lowest BCUT2D eigenvalue weighted by Crippen LogP contribution is -2.23. The van der Waals surface area contributed by atoms with Gasteiger partial charge in [0, 0.05) is 9.90 Å². The SMILES string of the molecule is CCCNC(c1ccccc1Cl)c1scc(C)c1Cl. The van der Waals surface area contributed by atoms with Crippen molar-refractivity contribution in [1.29, 1.82) is 0 Å². The molecule has 1 heterocycles. The number of rotatable bonds is 5. The van der Waals surface area contributed by atoms with Gasteiger partial charge in [0.1, 0.15) is 0 Å². The highest BCUT2D eigenvalue weighted by molar-refractivity contribution is 7.10. The van der Waals surface area contributed by atoms with Crippen molar-refractivity contribution in [3.63, 3.8) is 0 Å². The molecule has 0 amide bonds. The standard InChI is InChI=1S/C15H17Cl2NS/c1-3-8-18-14(11-6-4-5-7-12(11)16)15-13(17)10(2)9-19-15/h4-7,9,14,18H,3,8H2,1-2H3. The molecule has 0 aliphatic rings. The number of thiophene rings is 1. The summed E-state index contributed by atoms with van der Waals surface area (Å²) in [6.45, 7) is 5.12. The van der Waals surface area contributed by atoms with E-state index in [1.54, 1.807) is 11.3 Å². The molecule has 4 heteroatoms. The number of halogens is 2. The summed E-state index contributed by atoms with van der Waals surface area (Å²) in [5.41, 5.74) is 2.21. The fourth-order valence-electron chi connectivity index (χ4n) is 1.99. The highest BCUT2D eigenvalue weighted by atomic mass is 35.5. The van der Waals surface area contributed by atoms with Crippen molar-refractivity contribution >= 4 is 34.5 Å². The highest BCUT2D eigenvalue weighted by Crippen LogP contribution is 2.37. The summed E-state index contributed by atoms with van der Waals surface area (Å²) < 4.78 is 0. The second-order valence-electron chi connectivity index (χ2n) is 4.51. The van der Waals surface area contributed by atoms with Crippen LogP contribution in [-0.4, -0.2) is 6.54 Å². The minimum atomic E-state index is 0.0693. The number of benzene rings is 1. The van der Waals surface area contributed by atoms with E-state index in [4.69, 9.17) is 23.2 Å². The third kappa shape index (κ3) is 3.32. The van der Waals surface area contributed by atoms with Crippen molar-refractivity contribution in [2.75, 3.05) is 6.54 Å². The van der Waals surface area contributed by atoms with Crippen molar-refractivity contribution in [3.05, 3.63) is 55.7 Å². The Kier molecular flexibility index (Phi) is 5.28. The van der Waals surface area contributed by atoms with E-state index in [1.165, 1.54) is 0 Å². The van der Waals surface area contributed by atoms with Gasteiger partial charge in [-0.3, -0.25) is 0 Å². The van der Waals surface area contributed by atoms with E-state index >= 15 is 0 Å². The fourth-order valence-corrected chi connectivity index (χ4v) is 3.63. The van der Waals surface area contributed by atoms with Crippen LogP contribution < -0.4 is 5.32 Å². The number of aryl methyl sites for hydroxylation is 1. The quantitative estimate of drug-likeness (QED) is 0.773. The Morgan fingerprint density at radius 3 is 2.58 bits per heavy atom. The molecule has 0 radical (unpaired) electrons. The molecule has 1 N–H and O–H groups in total. The van der Waals surface area contributed by atoms with Crippen molar-refractivity contribution < 1.29 is 0 Å². The van der Waals surface area contributed by atoms with Crippen LogP contribution in [0.2, 0.25) is 10.0 Å². The summed E-state index contributed by atoms with van der Waals surface area (Å²) in [5.74, 6) is 0. The molecule has 19 heavy (non-hydrogen) atoms. The van der Waals surface area contributed by atoms with Crippen LogP contribution in [-0.2, 0) is 0 Å². The maximum absolute atomic E-state index is 6.41. The van der Waals surface area contributed by atoms with Crippen LogP contribution in [0.4, 0.5) is 0 Å². The third-order valence-electron chi connectivity index (χ3n) is 3.00. The van der Waals surface area contributed by atoms with Crippen LogP contribution in [0.3, 0.4) is 0 Å². The molecule has 1 aromatic heterocycles. The zero-order valence-electron chi connectivity index (χ0n) is 11.0. The minimum Gasteiger partial charge on any atom is -0.306 e. The van der Waals surface area contributed by atoms with Crippen LogP contribution >= 0.6 is 34.5 Å². The second kappa shape index (κ2) is 6.76. The lowest BCUT2D eigenvalue weighted by atomic mass is 10.0. The van der Waals surface area contributed by atoms with Gasteiger partial charge in [-0.1, -0.05) is 48.3 Å². The van der Waals surface area contributed by atoms with Gasteiger partial charge in [-0.05, 0) is 42.5 Å². The van der Waals surface area contributed by atoms with E-state index in [0.717, 1.165) is 39.0 Å². The van der Waals surface area contributed by atoms with Gasteiger partial charge in [-0.15, -0.1) is 11.3 Å². The molecule has 0 fully saturated rings. The molecule has 1 atom stereocenters. The Labute approximate surface area is 128 Å². The van der Waals surface area contributed by atoms with E-state index in [-0.39, 0.29) is 6.04 Å². The van der Waals surface area contributed by atoms with Gasteiger partial charge in [0.05, 0.1) is 11.1 Å². The van der Waals surface area contributed by atoms with Gasteiger partial charge < -0.3 is 5.32 Å². The number of hydrogen-bond donors (Lipinski definition) is 1. The molecular formula is C15H17Cl2NS. The molecule has 0 spiro atoms. The number of hydrogen-bond acceptors (Lipinski definition) is 2. The topological polar surface area (TPSA) is 12.0 Å². The van der Waals surface area contributed by atoms with Crippen molar-refractivity contribution in [1.82, 2.24) is 5.32 Å². The normalized spacial score (nSPS) is 12.6. The largest absolute Gasteiger partial charge is 0.306 e. The van der Waals surface area contributed by atoms with Gasteiger partial charge in [-0.25, -0.2) is 0 Å². The maximum Gasteiger partial charge on any atom is 0.0700 e. The average molecular weight is 314 g/mol. The molecule has 0 saturated heterocycles. The zero-order chi connectivity index (χ0) is 13.8. The van der Waals surface area contributed by atoms with Gasteiger partial charge >= 0.3 is 0 Å². The molecule has 1 aromatic carbocycles. The van der Waals surface area contributed by atoms with Crippen LogP contribution in [0.1, 0.15) is 35.4 Å². The summed E-state index contributed by atoms with van der Waals surface area (Å²) in [6, 6.07) is 8.01. The van der Waals surface area contributed by atoms with E-state index < -0.39 is 0 Å². The van der Waals surface area contributed by atoms with E-state index in [2.05, 4.69) is 23.7 Å². The van der Waals surface area contributed by atoms with E-state index in [0.29, 0.717) is 0 Å². The lowest BCUT2D eigenvalue weighted by molar-refractivity contribution is 0.606. The monoisotopic (exact) mass is 313 g/mol. The van der Waals surface area contributed by atoms with E-state index in [9.17, 15) is 0 Å². The van der Waals surface area contributed by atoms with Crippen molar-refractivity contribution in [3.8, 4) is 0 Å². The highest BCUT2D eigenvalue weighted by Gasteiger charge is 2.21. The first-order valence-corrected chi connectivity index (χ1v) is 8.00. The van der Waals surface area contributed by atoms with E-state index in [1.807, 2.05) is 25.1 Å². The summed E-state index contributed by atoms with van der Waals surface area (Å²) in [5, 5.41) is 7.25. The first kappa shape index (κ1) is 14.9. The van der Waals surface area contributed by atoms with Crippen LogP contribution in [0, 0.1) is 6.92 Å². The summed E-state index contributed by atoms with van der Waals surface area (Å²) in [4.78, 5) is 1.14. The molecule has 0 saturated carbocycles. The van der Waals surface area contributed by atoms with Gasteiger partial charge in [0.2, 0.25) is 0 Å². The van der Waals surface area contributed by atoms with Gasteiger partial charge in [0.15, 0.2) is 0 Å². The van der Waals surface area contributed by atoms with Gasteiger partial charge in [-0.2, -0.15) is 0 Å². The molecule has 0 aliphatic carbocycles. The first-order chi connectivity index (χ1) is 9.15. The second-order valence-corrected chi connectivity index (χ2v) is 6.20. The predicted molar refractivity (Wildman–Crippen MR) is 85.7 cm³/mol. The van der Waals surface area contributed by atoms with Crippen molar-refractivity contribution in [2.45, 2.75) is 26.3 Å². The molecule has 1 unspecified atom stereocenters. The fraction of sp³-hybridized carbons (Fsp3) is 0.333. The summed E-state index contributed by atoms with van der Waals surface area (Å²) >= 11 is 14.4. The Hall–Kier alpha value is -0.540. The lowest BCUT2D eigenvalue weighted by Gasteiger charge is -2.19. The first-order valence-electron chi connectivity index (χ1n) is 6.36. The minimum absolute atomic E-state index is 0.0693. The third-order valence-corrected chi connectivity index (χ3v) is 5.13. The molecule has 0 bridgehead atoms. The Bertz CT molecular complexity index is 551. The number of nitrogens with one attached hydrogen (secondary N) is 1. The molecule has 2 rings (SSSR count). The molecule has 2 aromatic rings. The van der Waals surface area contributed by atoms with Gasteiger partial charge in [0.25, 0.3) is 0 Å². The van der Waals surface area contributed by atoms with Crippen molar-refractivity contribution in [2.24, 2.45) is 0 Å². The zero-order valence-corrected chi connectivity index (χ0v) is 13.4. The smallest absolute Gasteiger partial charge is 0.0700 e. The maximum atomic E-state index is 6.41. The van der Waals surface area contributed by atoms with Crippen LogP contribution in [0.5, 0.6) is 0 Å². The Balaban J connectivity index is 2.42. The molecule has 0 aliphatic heterocycles. The Morgan fingerprint density at radius 2 is 2.00 bits per heavy atom. The Morgan fingerprint density at radius 1 is 1.26 bits per heavy atom. The average Bonchev–Trinajstić information content (AvgIpc) is 2.73. The van der Waals surface area contributed by atoms with Crippen LogP contribution in [0.15, 0.2) is 29.6 Å². The molecule has 1 nitrogen and oxygen atoms in total. The summed E-state index contributed by atoms with van der Waals surface area (Å²) in [6.07, 6.45) is 1.07. The van der Waals surface area contributed by atoms with Crippen LogP contribution in [0.25, 0.3) is 0 Å². The molecule has 102 valence electrons. The summed E-state index contributed by atoms with van der Waals surface area (Å²) in [7, 11) is 0.